The summed E-state index contributed by atoms with van der Waals surface area (Å²) < 4.78 is 15.9. The second kappa shape index (κ2) is 6.85. The van der Waals surface area contributed by atoms with Crippen LogP contribution in [0.2, 0.25) is 0 Å². The van der Waals surface area contributed by atoms with Crippen LogP contribution in [0.4, 0.5) is 4.39 Å². The molecule has 0 N–H and O–H groups in total. The molecule has 3 aromatic rings. The monoisotopic (exact) mass is 388 g/mol. The van der Waals surface area contributed by atoms with Gasteiger partial charge in [-0.1, -0.05) is 19.9 Å². The van der Waals surface area contributed by atoms with E-state index in [-0.39, 0.29) is 11.4 Å². The maximum Gasteiger partial charge on any atom is 0.251 e. The molecule has 0 radical (unpaired) electrons. The van der Waals surface area contributed by atoms with Gasteiger partial charge in [0.05, 0.1) is 16.5 Å². The SMILES string of the molecule is CCc1cc2c(ccc(=O)n2Cc2ccc(Br)c(F)c2)c(CC)n1. The fourth-order valence-corrected chi connectivity index (χ4v) is 3.10. The van der Waals surface area contributed by atoms with Gasteiger partial charge in [0.1, 0.15) is 5.82 Å². The Hall–Kier alpha value is -2.01. The van der Waals surface area contributed by atoms with Crippen LogP contribution in [0.15, 0.2) is 45.7 Å². The van der Waals surface area contributed by atoms with Crippen molar-refractivity contribution < 1.29 is 4.39 Å². The minimum Gasteiger partial charge on any atom is -0.304 e. The van der Waals surface area contributed by atoms with Gasteiger partial charge in [0.25, 0.3) is 5.56 Å². The van der Waals surface area contributed by atoms with Gasteiger partial charge in [-0.2, -0.15) is 0 Å². The quantitative estimate of drug-likeness (QED) is 0.660. The molecule has 0 aliphatic rings. The number of fused-ring (bicyclic) bond motifs is 1. The third-order valence-corrected chi connectivity index (χ3v) is 4.78. The van der Waals surface area contributed by atoms with Crippen molar-refractivity contribution in [2.45, 2.75) is 33.2 Å². The molecule has 24 heavy (non-hydrogen) atoms. The van der Waals surface area contributed by atoms with Crippen molar-refractivity contribution >= 4 is 26.8 Å². The Morgan fingerprint density at radius 2 is 1.92 bits per heavy atom. The molecular weight excluding hydrogens is 371 g/mol. The van der Waals surface area contributed by atoms with Gasteiger partial charge in [-0.3, -0.25) is 9.78 Å². The van der Waals surface area contributed by atoms with Crippen LogP contribution < -0.4 is 5.56 Å². The van der Waals surface area contributed by atoms with E-state index in [1.807, 2.05) is 25.1 Å². The van der Waals surface area contributed by atoms with Gasteiger partial charge < -0.3 is 4.57 Å². The van der Waals surface area contributed by atoms with Gasteiger partial charge in [0, 0.05) is 22.8 Å². The Balaban J connectivity index is 2.20. The first-order valence-corrected chi connectivity index (χ1v) is 8.79. The van der Waals surface area contributed by atoms with E-state index in [0.29, 0.717) is 11.0 Å². The first-order valence-electron chi connectivity index (χ1n) is 7.99. The number of rotatable bonds is 4. The topological polar surface area (TPSA) is 34.9 Å². The molecule has 0 saturated carbocycles. The van der Waals surface area contributed by atoms with Crippen LogP contribution in [0.3, 0.4) is 0 Å². The first kappa shape index (κ1) is 16.8. The van der Waals surface area contributed by atoms with Crippen LogP contribution in [0.5, 0.6) is 0 Å². The van der Waals surface area contributed by atoms with Crippen molar-refractivity contribution in [2.24, 2.45) is 0 Å². The van der Waals surface area contributed by atoms with Crippen LogP contribution in [0, 0.1) is 5.82 Å². The first-order chi connectivity index (χ1) is 11.5. The molecule has 0 atom stereocenters. The highest BCUT2D eigenvalue weighted by Crippen LogP contribution is 2.21. The Kier molecular flexibility index (Phi) is 4.81. The average molecular weight is 389 g/mol. The van der Waals surface area contributed by atoms with Gasteiger partial charge in [-0.05, 0) is 58.6 Å². The molecule has 0 amide bonds. The van der Waals surface area contributed by atoms with Crippen LogP contribution in [-0.2, 0) is 19.4 Å². The molecule has 0 saturated heterocycles. The van der Waals surface area contributed by atoms with E-state index in [1.54, 1.807) is 16.7 Å². The highest BCUT2D eigenvalue weighted by atomic mass is 79.9. The standard InChI is InChI=1S/C19H18BrFN2O/c1-3-13-10-18-14(17(4-2)22-13)6-8-19(24)23(18)11-12-5-7-15(20)16(21)9-12/h5-10H,3-4,11H2,1-2H3. The summed E-state index contributed by atoms with van der Waals surface area (Å²) in [5.74, 6) is -0.328. The summed E-state index contributed by atoms with van der Waals surface area (Å²) in [5.41, 5.74) is 3.45. The minimum atomic E-state index is -0.328. The lowest BCUT2D eigenvalue weighted by Gasteiger charge is -2.14. The fourth-order valence-electron chi connectivity index (χ4n) is 2.85. The number of hydrogen-bond donors (Lipinski definition) is 0. The van der Waals surface area contributed by atoms with Crippen molar-refractivity contribution in [3.05, 3.63) is 74.0 Å². The molecule has 0 aliphatic heterocycles. The number of benzene rings is 1. The van der Waals surface area contributed by atoms with E-state index >= 15 is 0 Å². The number of nitrogens with zero attached hydrogens (tertiary/aromatic N) is 2. The minimum absolute atomic E-state index is 0.0962. The summed E-state index contributed by atoms with van der Waals surface area (Å²) >= 11 is 3.15. The van der Waals surface area contributed by atoms with Gasteiger partial charge in [0.15, 0.2) is 0 Å². The number of hydrogen-bond acceptors (Lipinski definition) is 2. The van der Waals surface area contributed by atoms with Crippen molar-refractivity contribution in [3.8, 4) is 0 Å². The molecule has 0 spiro atoms. The van der Waals surface area contributed by atoms with Crippen LogP contribution in [-0.4, -0.2) is 9.55 Å². The molecule has 0 unspecified atom stereocenters. The fraction of sp³-hybridized carbons (Fsp3) is 0.263. The summed E-state index contributed by atoms with van der Waals surface area (Å²) in [6.45, 7) is 4.43. The van der Waals surface area contributed by atoms with Gasteiger partial charge >= 0.3 is 0 Å². The van der Waals surface area contributed by atoms with E-state index in [2.05, 4.69) is 27.8 Å². The van der Waals surface area contributed by atoms with E-state index in [0.717, 1.165) is 40.7 Å². The van der Waals surface area contributed by atoms with E-state index in [1.165, 1.54) is 6.07 Å². The second-order valence-corrected chi connectivity index (χ2v) is 6.56. The molecule has 5 heteroatoms. The largest absolute Gasteiger partial charge is 0.304 e. The van der Waals surface area contributed by atoms with E-state index in [4.69, 9.17) is 0 Å². The Bertz CT molecular complexity index is 965. The van der Waals surface area contributed by atoms with E-state index < -0.39 is 0 Å². The Morgan fingerprint density at radius 1 is 1.12 bits per heavy atom. The normalized spacial score (nSPS) is 11.2. The Morgan fingerprint density at radius 3 is 2.58 bits per heavy atom. The lowest BCUT2D eigenvalue weighted by Crippen LogP contribution is -2.21. The van der Waals surface area contributed by atoms with Crippen LogP contribution in [0.1, 0.15) is 30.8 Å². The molecule has 0 fully saturated rings. The predicted molar refractivity (Wildman–Crippen MR) is 98.0 cm³/mol. The summed E-state index contributed by atoms with van der Waals surface area (Å²) in [4.78, 5) is 17.1. The van der Waals surface area contributed by atoms with Gasteiger partial charge in [-0.15, -0.1) is 0 Å². The number of aryl methyl sites for hydroxylation is 2. The third-order valence-electron chi connectivity index (χ3n) is 4.14. The van der Waals surface area contributed by atoms with E-state index in [9.17, 15) is 9.18 Å². The molecule has 0 bridgehead atoms. The average Bonchev–Trinajstić information content (AvgIpc) is 2.59. The van der Waals surface area contributed by atoms with Crippen molar-refractivity contribution in [2.75, 3.05) is 0 Å². The molecule has 2 heterocycles. The maximum absolute atomic E-state index is 13.8. The number of aromatic nitrogens is 2. The highest BCUT2D eigenvalue weighted by Gasteiger charge is 2.10. The molecule has 124 valence electrons. The summed E-state index contributed by atoms with van der Waals surface area (Å²) in [6.07, 6.45) is 1.61. The summed E-state index contributed by atoms with van der Waals surface area (Å²) in [7, 11) is 0. The van der Waals surface area contributed by atoms with Crippen LogP contribution in [0.25, 0.3) is 10.9 Å². The number of pyridine rings is 2. The molecular formula is C19H18BrFN2O. The predicted octanol–water partition coefficient (Wildman–Crippen LogP) is 4.47. The molecule has 3 rings (SSSR count). The van der Waals surface area contributed by atoms with Crippen LogP contribution >= 0.6 is 15.9 Å². The molecule has 1 aromatic carbocycles. The van der Waals surface area contributed by atoms with Crippen molar-refractivity contribution in [1.29, 1.82) is 0 Å². The Labute approximate surface area is 148 Å². The van der Waals surface area contributed by atoms with Gasteiger partial charge in [0.2, 0.25) is 0 Å². The zero-order valence-electron chi connectivity index (χ0n) is 13.6. The summed E-state index contributed by atoms with van der Waals surface area (Å²) in [5, 5.41) is 0.979. The second-order valence-electron chi connectivity index (χ2n) is 5.71. The van der Waals surface area contributed by atoms with Crippen molar-refractivity contribution in [1.82, 2.24) is 9.55 Å². The summed E-state index contributed by atoms with van der Waals surface area (Å²) in [6, 6.07) is 10.3. The molecule has 2 aromatic heterocycles. The smallest absolute Gasteiger partial charge is 0.251 e. The zero-order chi connectivity index (χ0) is 17.3. The maximum atomic E-state index is 13.8. The molecule has 3 nitrogen and oxygen atoms in total. The number of halogens is 2. The molecule has 0 aliphatic carbocycles. The van der Waals surface area contributed by atoms with Crippen molar-refractivity contribution in [3.63, 3.8) is 0 Å². The lowest BCUT2D eigenvalue weighted by molar-refractivity contribution is 0.617. The lowest BCUT2D eigenvalue weighted by atomic mass is 10.1. The zero-order valence-corrected chi connectivity index (χ0v) is 15.2. The van der Waals surface area contributed by atoms with Gasteiger partial charge in [-0.25, -0.2) is 4.39 Å². The highest BCUT2D eigenvalue weighted by molar-refractivity contribution is 9.10. The third kappa shape index (κ3) is 3.13.